The van der Waals surface area contributed by atoms with Crippen LogP contribution in [-0.2, 0) is 0 Å². The van der Waals surface area contributed by atoms with Gasteiger partial charge in [0.15, 0.2) is 0 Å². The van der Waals surface area contributed by atoms with Crippen molar-refractivity contribution in [3.05, 3.63) is 69.7 Å². The molecule has 0 bridgehead atoms. The highest BCUT2D eigenvalue weighted by molar-refractivity contribution is 6.34. The number of hydrogen-bond acceptors (Lipinski definition) is 2. The fraction of sp³-hybridized carbons (Fsp3) is 0. The van der Waals surface area contributed by atoms with Gasteiger partial charge in [-0.1, -0.05) is 53.5 Å². The van der Waals surface area contributed by atoms with E-state index in [0.29, 0.717) is 15.6 Å². The lowest BCUT2D eigenvalue weighted by Gasteiger charge is -2.02. The Balaban J connectivity index is 2.06. The molecule has 96 valence electrons. The smallest absolute Gasteiger partial charge is 0.267 e. The van der Waals surface area contributed by atoms with Gasteiger partial charge in [-0.3, -0.25) is 4.79 Å². The van der Waals surface area contributed by atoms with E-state index in [1.807, 2.05) is 12.1 Å². The molecule has 0 saturated heterocycles. The molecule has 0 aliphatic heterocycles. The van der Waals surface area contributed by atoms with Crippen LogP contribution in [0.15, 0.2) is 53.6 Å². The number of carbonyl (C=O) groups excluding carboxylic acids is 1. The number of rotatable bonds is 3. The topological polar surface area (TPSA) is 41.5 Å². The molecular weight excluding hydrogens is 283 g/mol. The largest absolute Gasteiger partial charge is 0.272 e. The van der Waals surface area contributed by atoms with E-state index in [0.717, 1.165) is 5.56 Å². The van der Waals surface area contributed by atoms with Gasteiger partial charge in [-0.25, -0.2) is 5.43 Å². The van der Waals surface area contributed by atoms with Crippen molar-refractivity contribution in [3.63, 3.8) is 0 Å². The zero-order valence-electron chi connectivity index (χ0n) is 9.81. The zero-order chi connectivity index (χ0) is 13.7. The van der Waals surface area contributed by atoms with E-state index in [1.54, 1.807) is 36.4 Å². The van der Waals surface area contributed by atoms with Gasteiger partial charge in [0.2, 0.25) is 0 Å². The van der Waals surface area contributed by atoms with Gasteiger partial charge in [-0.2, -0.15) is 5.10 Å². The summed E-state index contributed by atoms with van der Waals surface area (Å²) >= 11 is 11.9. The lowest BCUT2D eigenvalue weighted by atomic mass is 10.2. The second-order valence-corrected chi connectivity index (χ2v) is 4.51. The molecule has 3 nitrogen and oxygen atoms in total. The molecule has 0 atom stereocenters. The van der Waals surface area contributed by atoms with Crippen molar-refractivity contribution in [2.75, 3.05) is 0 Å². The summed E-state index contributed by atoms with van der Waals surface area (Å²) < 4.78 is 0. The summed E-state index contributed by atoms with van der Waals surface area (Å²) in [5.74, 6) is -0.367. The summed E-state index contributed by atoms with van der Waals surface area (Å²) in [6.45, 7) is 0. The molecule has 0 aliphatic carbocycles. The summed E-state index contributed by atoms with van der Waals surface area (Å²) in [5.41, 5.74) is 3.50. The highest BCUT2D eigenvalue weighted by Gasteiger charge is 2.07. The van der Waals surface area contributed by atoms with Crippen LogP contribution < -0.4 is 5.43 Å². The van der Waals surface area contributed by atoms with Crippen LogP contribution in [0.1, 0.15) is 15.9 Å². The van der Waals surface area contributed by atoms with Crippen molar-refractivity contribution in [1.82, 2.24) is 5.43 Å². The Bertz CT molecular complexity index is 626. The van der Waals surface area contributed by atoms with Crippen LogP contribution in [-0.4, -0.2) is 12.1 Å². The Morgan fingerprint density at radius 2 is 1.63 bits per heavy atom. The molecule has 5 heteroatoms. The molecule has 0 heterocycles. The summed E-state index contributed by atoms with van der Waals surface area (Å²) in [7, 11) is 0. The maximum Gasteiger partial charge on any atom is 0.272 e. The van der Waals surface area contributed by atoms with Crippen LogP contribution in [0.4, 0.5) is 0 Å². The molecule has 2 rings (SSSR count). The fourth-order valence-corrected chi connectivity index (χ4v) is 1.85. The predicted octanol–water partition coefficient (Wildman–Crippen LogP) is 3.76. The SMILES string of the molecule is O=C(N/N=C\c1ccccc1Cl)c1ccccc1Cl. The van der Waals surface area contributed by atoms with E-state index < -0.39 is 0 Å². The van der Waals surface area contributed by atoms with Gasteiger partial charge >= 0.3 is 0 Å². The molecule has 0 aliphatic rings. The second kappa shape index (κ2) is 6.36. The van der Waals surface area contributed by atoms with Gasteiger partial charge in [0.1, 0.15) is 0 Å². The number of benzene rings is 2. The first-order valence-electron chi connectivity index (χ1n) is 5.51. The standard InChI is InChI=1S/C14H10Cl2N2O/c15-12-7-3-1-5-10(12)9-17-18-14(19)11-6-2-4-8-13(11)16/h1-9H,(H,18,19)/b17-9-. The fourth-order valence-electron chi connectivity index (χ4n) is 1.45. The Morgan fingerprint density at radius 1 is 1.00 bits per heavy atom. The highest BCUT2D eigenvalue weighted by Crippen LogP contribution is 2.14. The number of amides is 1. The normalized spacial score (nSPS) is 10.6. The third-order valence-corrected chi connectivity index (χ3v) is 3.07. The minimum absolute atomic E-state index is 0.367. The van der Waals surface area contributed by atoms with Crippen molar-refractivity contribution in [1.29, 1.82) is 0 Å². The van der Waals surface area contributed by atoms with Crippen LogP contribution in [0.25, 0.3) is 0 Å². The monoisotopic (exact) mass is 292 g/mol. The van der Waals surface area contributed by atoms with E-state index in [1.165, 1.54) is 6.21 Å². The molecule has 2 aromatic rings. The van der Waals surface area contributed by atoms with Crippen LogP contribution >= 0.6 is 23.2 Å². The van der Waals surface area contributed by atoms with Crippen LogP contribution in [0.2, 0.25) is 10.0 Å². The second-order valence-electron chi connectivity index (χ2n) is 3.70. The third kappa shape index (κ3) is 3.56. The zero-order valence-corrected chi connectivity index (χ0v) is 11.3. The molecule has 0 spiro atoms. The van der Waals surface area contributed by atoms with Gasteiger partial charge in [-0.05, 0) is 18.2 Å². The van der Waals surface area contributed by atoms with Crippen molar-refractivity contribution < 1.29 is 4.79 Å². The molecule has 0 radical (unpaired) electrons. The van der Waals surface area contributed by atoms with Gasteiger partial charge in [-0.15, -0.1) is 0 Å². The van der Waals surface area contributed by atoms with Gasteiger partial charge in [0.05, 0.1) is 16.8 Å². The van der Waals surface area contributed by atoms with Crippen molar-refractivity contribution >= 4 is 35.3 Å². The van der Waals surface area contributed by atoms with Gasteiger partial charge in [0, 0.05) is 10.6 Å². The number of nitrogens with one attached hydrogen (secondary N) is 1. The van der Waals surface area contributed by atoms with E-state index in [2.05, 4.69) is 10.5 Å². The first-order valence-corrected chi connectivity index (χ1v) is 6.26. The first kappa shape index (κ1) is 13.6. The summed E-state index contributed by atoms with van der Waals surface area (Å²) in [4.78, 5) is 11.8. The molecule has 1 N–H and O–H groups in total. The van der Waals surface area contributed by atoms with Crippen LogP contribution in [0.5, 0.6) is 0 Å². The van der Waals surface area contributed by atoms with Crippen molar-refractivity contribution in [2.24, 2.45) is 5.10 Å². The Hall–Kier alpha value is -1.84. The lowest BCUT2D eigenvalue weighted by molar-refractivity contribution is 0.0955. The van der Waals surface area contributed by atoms with E-state index in [4.69, 9.17) is 23.2 Å². The molecule has 0 aromatic heterocycles. The van der Waals surface area contributed by atoms with E-state index in [-0.39, 0.29) is 5.91 Å². The Morgan fingerprint density at radius 3 is 2.32 bits per heavy atom. The number of hydrogen-bond donors (Lipinski definition) is 1. The third-order valence-electron chi connectivity index (χ3n) is 2.39. The molecular formula is C14H10Cl2N2O. The number of nitrogens with zero attached hydrogens (tertiary/aromatic N) is 1. The number of halogens is 2. The Kier molecular flexibility index (Phi) is 4.55. The molecule has 0 fully saturated rings. The van der Waals surface area contributed by atoms with Crippen LogP contribution in [0, 0.1) is 0 Å². The highest BCUT2D eigenvalue weighted by atomic mass is 35.5. The minimum atomic E-state index is -0.367. The molecule has 19 heavy (non-hydrogen) atoms. The predicted molar refractivity (Wildman–Crippen MR) is 78.0 cm³/mol. The lowest BCUT2D eigenvalue weighted by Crippen LogP contribution is -2.17. The molecule has 0 unspecified atom stereocenters. The maximum absolute atomic E-state index is 11.8. The average molecular weight is 293 g/mol. The molecule has 1 amide bonds. The maximum atomic E-state index is 11.8. The molecule has 2 aromatic carbocycles. The first-order chi connectivity index (χ1) is 9.18. The quantitative estimate of drug-likeness (QED) is 0.679. The van der Waals surface area contributed by atoms with E-state index >= 15 is 0 Å². The number of hydrazone groups is 1. The summed E-state index contributed by atoms with van der Waals surface area (Å²) in [5, 5.41) is 4.80. The molecule has 0 saturated carbocycles. The number of carbonyl (C=O) groups is 1. The summed E-state index contributed by atoms with van der Waals surface area (Å²) in [6, 6.07) is 14.0. The van der Waals surface area contributed by atoms with Crippen LogP contribution in [0.3, 0.4) is 0 Å². The van der Waals surface area contributed by atoms with E-state index in [9.17, 15) is 4.79 Å². The van der Waals surface area contributed by atoms with Gasteiger partial charge in [0.25, 0.3) is 5.91 Å². The van der Waals surface area contributed by atoms with Crippen molar-refractivity contribution in [3.8, 4) is 0 Å². The summed E-state index contributed by atoms with van der Waals surface area (Å²) in [6.07, 6.45) is 1.48. The van der Waals surface area contributed by atoms with Crippen molar-refractivity contribution in [2.45, 2.75) is 0 Å². The average Bonchev–Trinajstić information content (AvgIpc) is 2.41. The van der Waals surface area contributed by atoms with Gasteiger partial charge < -0.3 is 0 Å². The Labute approximate surface area is 120 Å². The minimum Gasteiger partial charge on any atom is -0.267 e.